The Kier molecular flexibility index (Phi) is 5.52. The van der Waals surface area contributed by atoms with E-state index >= 15 is 0 Å². The molecule has 0 atom stereocenters. The van der Waals surface area contributed by atoms with Crippen molar-refractivity contribution in [1.29, 1.82) is 0 Å². The smallest absolute Gasteiger partial charge is 0.147 e. The van der Waals surface area contributed by atoms with Crippen LogP contribution in [0, 0.1) is 0 Å². The Morgan fingerprint density at radius 1 is 1.38 bits per heavy atom. The van der Waals surface area contributed by atoms with Gasteiger partial charge in [-0.25, -0.2) is 0 Å². The highest BCUT2D eigenvalue weighted by Gasteiger charge is 2.07. The lowest BCUT2D eigenvalue weighted by Gasteiger charge is -2.09. The summed E-state index contributed by atoms with van der Waals surface area (Å²) in [6.07, 6.45) is 1.94. The summed E-state index contributed by atoms with van der Waals surface area (Å²) >= 11 is 6.93. The maximum Gasteiger partial charge on any atom is 0.147 e. The van der Waals surface area contributed by atoms with Gasteiger partial charge in [0.15, 0.2) is 0 Å². The third-order valence-corrected chi connectivity index (χ3v) is 3.15. The molecule has 0 fully saturated rings. The predicted octanol–water partition coefficient (Wildman–Crippen LogP) is 4.01. The molecule has 88 valence electrons. The van der Waals surface area contributed by atoms with E-state index in [-0.39, 0.29) is 6.61 Å². The van der Waals surface area contributed by atoms with Gasteiger partial charge in [0.25, 0.3) is 0 Å². The highest BCUT2D eigenvalue weighted by molar-refractivity contribution is 9.11. The van der Waals surface area contributed by atoms with E-state index in [1.807, 2.05) is 32.1 Å². The molecule has 1 aromatic carbocycles. The summed E-state index contributed by atoms with van der Waals surface area (Å²) in [5, 5.41) is 8.96. The fraction of sp³-hybridized carbons (Fsp3) is 0.333. The first-order chi connectivity index (χ1) is 7.58. The SMILES string of the molecule is CCOc1c(Br)cc(C=C(C)CO)cc1Br. The number of hydrogen-bond donors (Lipinski definition) is 1. The van der Waals surface area contributed by atoms with Crippen LogP contribution in [0.25, 0.3) is 6.08 Å². The van der Waals surface area contributed by atoms with Crippen molar-refractivity contribution in [3.63, 3.8) is 0 Å². The Labute approximate surface area is 113 Å². The largest absolute Gasteiger partial charge is 0.492 e. The molecule has 4 heteroatoms. The van der Waals surface area contributed by atoms with Crippen LogP contribution in [-0.2, 0) is 0 Å². The second kappa shape index (κ2) is 6.42. The van der Waals surface area contributed by atoms with Crippen molar-refractivity contribution in [2.75, 3.05) is 13.2 Å². The molecular weight excluding hydrogens is 336 g/mol. The standard InChI is InChI=1S/C12H14Br2O2/c1-3-16-12-10(13)5-9(6-11(12)14)4-8(2)7-15/h4-6,15H,3,7H2,1-2H3. The minimum atomic E-state index is 0.0719. The van der Waals surface area contributed by atoms with Gasteiger partial charge in [-0.2, -0.15) is 0 Å². The number of hydrogen-bond acceptors (Lipinski definition) is 2. The molecule has 0 aliphatic heterocycles. The Bertz CT molecular complexity index is 377. The van der Waals surface area contributed by atoms with E-state index in [1.54, 1.807) is 0 Å². The Morgan fingerprint density at radius 3 is 2.38 bits per heavy atom. The van der Waals surface area contributed by atoms with E-state index in [0.717, 1.165) is 25.8 Å². The number of halogens is 2. The molecule has 1 N–H and O–H groups in total. The van der Waals surface area contributed by atoms with Gasteiger partial charge >= 0.3 is 0 Å². The zero-order valence-corrected chi connectivity index (χ0v) is 12.4. The van der Waals surface area contributed by atoms with Gasteiger partial charge in [0.05, 0.1) is 22.2 Å². The van der Waals surface area contributed by atoms with Gasteiger partial charge in [0.1, 0.15) is 5.75 Å². The van der Waals surface area contributed by atoms with Gasteiger partial charge in [0, 0.05) is 0 Å². The van der Waals surface area contributed by atoms with Gasteiger partial charge in [-0.15, -0.1) is 0 Å². The number of ether oxygens (including phenoxy) is 1. The molecule has 0 aliphatic rings. The monoisotopic (exact) mass is 348 g/mol. The van der Waals surface area contributed by atoms with Crippen molar-refractivity contribution in [3.8, 4) is 5.75 Å². The summed E-state index contributed by atoms with van der Waals surface area (Å²) in [6, 6.07) is 3.93. The molecule has 16 heavy (non-hydrogen) atoms. The Hall–Kier alpha value is -0.320. The van der Waals surface area contributed by atoms with Crippen LogP contribution < -0.4 is 4.74 Å². The van der Waals surface area contributed by atoms with E-state index in [2.05, 4.69) is 31.9 Å². The second-order valence-electron chi connectivity index (χ2n) is 3.40. The van der Waals surface area contributed by atoms with Crippen LogP contribution in [-0.4, -0.2) is 18.3 Å². The summed E-state index contributed by atoms with van der Waals surface area (Å²) in [4.78, 5) is 0. The minimum absolute atomic E-state index is 0.0719. The predicted molar refractivity (Wildman–Crippen MR) is 73.7 cm³/mol. The van der Waals surface area contributed by atoms with Crippen molar-refractivity contribution >= 4 is 37.9 Å². The zero-order chi connectivity index (χ0) is 12.1. The maximum atomic E-state index is 8.96. The molecule has 0 saturated heterocycles. The van der Waals surface area contributed by atoms with E-state index in [1.165, 1.54) is 0 Å². The van der Waals surface area contributed by atoms with E-state index in [0.29, 0.717) is 6.61 Å². The van der Waals surface area contributed by atoms with Crippen LogP contribution in [0.2, 0.25) is 0 Å². The molecule has 0 amide bonds. The maximum absolute atomic E-state index is 8.96. The summed E-state index contributed by atoms with van der Waals surface area (Å²) < 4.78 is 7.30. The Morgan fingerprint density at radius 2 is 1.94 bits per heavy atom. The molecule has 0 aliphatic carbocycles. The minimum Gasteiger partial charge on any atom is -0.492 e. The van der Waals surface area contributed by atoms with Gasteiger partial charge in [-0.3, -0.25) is 0 Å². The number of aliphatic hydroxyl groups is 1. The highest BCUT2D eigenvalue weighted by atomic mass is 79.9. The molecule has 2 nitrogen and oxygen atoms in total. The lowest BCUT2D eigenvalue weighted by atomic mass is 10.1. The summed E-state index contributed by atoms with van der Waals surface area (Å²) in [5.41, 5.74) is 1.94. The summed E-state index contributed by atoms with van der Waals surface area (Å²) in [5.74, 6) is 0.807. The van der Waals surface area contributed by atoms with Gasteiger partial charge in [-0.1, -0.05) is 6.08 Å². The second-order valence-corrected chi connectivity index (χ2v) is 5.10. The van der Waals surface area contributed by atoms with Crippen LogP contribution in [0.3, 0.4) is 0 Å². The molecule has 0 unspecified atom stereocenters. The summed E-state index contributed by atoms with van der Waals surface area (Å²) in [7, 11) is 0. The van der Waals surface area contributed by atoms with Crippen molar-refractivity contribution in [3.05, 3.63) is 32.2 Å². The first kappa shape index (κ1) is 13.7. The van der Waals surface area contributed by atoms with Crippen molar-refractivity contribution in [1.82, 2.24) is 0 Å². The first-order valence-electron chi connectivity index (χ1n) is 4.98. The van der Waals surface area contributed by atoms with Crippen molar-refractivity contribution < 1.29 is 9.84 Å². The quantitative estimate of drug-likeness (QED) is 0.890. The zero-order valence-electron chi connectivity index (χ0n) is 9.26. The molecule has 0 bridgehead atoms. The lowest BCUT2D eigenvalue weighted by Crippen LogP contribution is -1.94. The van der Waals surface area contributed by atoms with Crippen LogP contribution in [0.15, 0.2) is 26.7 Å². The number of aliphatic hydroxyl groups excluding tert-OH is 1. The molecule has 1 aromatic rings. The fourth-order valence-corrected chi connectivity index (χ4v) is 2.73. The molecule has 1 rings (SSSR count). The average molecular weight is 350 g/mol. The molecule has 0 radical (unpaired) electrons. The topological polar surface area (TPSA) is 29.5 Å². The van der Waals surface area contributed by atoms with Gasteiger partial charge < -0.3 is 9.84 Å². The molecular formula is C12H14Br2O2. The number of rotatable bonds is 4. The van der Waals surface area contributed by atoms with Gasteiger partial charge in [0.2, 0.25) is 0 Å². The highest BCUT2D eigenvalue weighted by Crippen LogP contribution is 2.35. The van der Waals surface area contributed by atoms with Crippen molar-refractivity contribution in [2.45, 2.75) is 13.8 Å². The summed E-state index contributed by atoms with van der Waals surface area (Å²) in [6.45, 7) is 4.53. The Balaban J connectivity index is 3.09. The van der Waals surface area contributed by atoms with E-state index in [4.69, 9.17) is 9.84 Å². The number of benzene rings is 1. The average Bonchev–Trinajstić information content (AvgIpc) is 2.23. The van der Waals surface area contributed by atoms with Crippen LogP contribution in [0.1, 0.15) is 19.4 Å². The van der Waals surface area contributed by atoms with Gasteiger partial charge in [-0.05, 0) is 69.0 Å². The fourth-order valence-electron chi connectivity index (χ4n) is 1.28. The van der Waals surface area contributed by atoms with E-state index < -0.39 is 0 Å². The van der Waals surface area contributed by atoms with Crippen LogP contribution in [0.5, 0.6) is 5.75 Å². The van der Waals surface area contributed by atoms with Crippen LogP contribution >= 0.6 is 31.9 Å². The van der Waals surface area contributed by atoms with E-state index in [9.17, 15) is 0 Å². The third kappa shape index (κ3) is 3.61. The van der Waals surface area contributed by atoms with Crippen molar-refractivity contribution in [2.24, 2.45) is 0 Å². The lowest BCUT2D eigenvalue weighted by molar-refractivity contribution is 0.332. The first-order valence-corrected chi connectivity index (χ1v) is 6.57. The molecule has 0 heterocycles. The van der Waals surface area contributed by atoms with Crippen LogP contribution in [0.4, 0.5) is 0 Å². The normalized spacial score (nSPS) is 11.7. The molecule has 0 spiro atoms. The molecule has 0 saturated carbocycles. The third-order valence-electron chi connectivity index (χ3n) is 1.97. The molecule has 0 aromatic heterocycles.